The van der Waals surface area contributed by atoms with E-state index in [0.29, 0.717) is 22.7 Å². The van der Waals surface area contributed by atoms with Gasteiger partial charge in [-0.25, -0.2) is 17.5 Å². The minimum atomic E-state index is -4.02. The summed E-state index contributed by atoms with van der Waals surface area (Å²) in [6, 6.07) is 18.2. The largest absolute Gasteiger partial charge is 0.497 e. The van der Waals surface area contributed by atoms with E-state index in [1.807, 2.05) is 0 Å². The first kappa shape index (κ1) is 19.6. The lowest BCUT2D eigenvalue weighted by atomic mass is 10.1. The molecule has 0 fully saturated rings. The smallest absolute Gasteiger partial charge is 0.227 e. The van der Waals surface area contributed by atoms with Crippen molar-refractivity contribution < 1.29 is 17.5 Å². The monoisotopic (exact) mass is 424 g/mol. The van der Waals surface area contributed by atoms with Gasteiger partial charge in [0.25, 0.3) is 0 Å². The number of nitrogens with zero attached hydrogens (tertiary/aromatic N) is 3. The molecule has 0 aliphatic heterocycles. The number of nitrogen functional groups attached to an aromatic ring is 1. The van der Waals surface area contributed by atoms with E-state index in [4.69, 9.17) is 10.5 Å². The van der Waals surface area contributed by atoms with Crippen LogP contribution in [0.5, 0.6) is 5.75 Å². The summed E-state index contributed by atoms with van der Waals surface area (Å²) < 4.78 is 46.7. The van der Waals surface area contributed by atoms with Crippen molar-refractivity contribution in [2.75, 3.05) is 12.8 Å². The number of nitrogens with two attached hydrogens (primary N) is 1. The van der Waals surface area contributed by atoms with E-state index < -0.39 is 15.7 Å². The Hall–Kier alpha value is -3.72. The molecule has 0 atom stereocenters. The second-order valence-electron chi connectivity index (χ2n) is 6.43. The number of sulfone groups is 1. The van der Waals surface area contributed by atoms with Gasteiger partial charge < -0.3 is 10.5 Å². The number of methoxy groups -OCH3 is 1. The Morgan fingerprint density at radius 3 is 2.17 bits per heavy atom. The molecule has 9 heteroatoms. The van der Waals surface area contributed by atoms with Crippen LogP contribution >= 0.6 is 0 Å². The minimum Gasteiger partial charge on any atom is -0.497 e. The number of ether oxygens (including phenoxy) is 1. The maximum Gasteiger partial charge on any atom is 0.227 e. The van der Waals surface area contributed by atoms with Gasteiger partial charge in [-0.3, -0.25) is 0 Å². The number of hydrogen-bond acceptors (Lipinski definition) is 6. The second-order valence-corrected chi connectivity index (χ2v) is 8.30. The summed E-state index contributed by atoms with van der Waals surface area (Å²) in [4.78, 5) is 0.0380. The molecule has 0 amide bonds. The first-order valence-electron chi connectivity index (χ1n) is 8.87. The minimum absolute atomic E-state index is 0.0380. The number of rotatable bonds is 5. The molecular formula is C21H17FN4O3S. The van der Waals surface area contributed by atoms with Crippen LogP contribution in [0.4, 0.5) is 10.1 Å². The first-order valence-corrected chi connectivity index (χ1v) is 10.3. The lowest BCUT2D eigenvalue weighted by Gasteiger charge is -2.10. The van der Waals surface area contributed by atoms with Crippen molar-refractivity contribution in [2.24, 2.45) is 0 Å². The van der Waals surface area contributed by atoms with E-state index in [0.717, 1.165) is 0 Å². The van der Waals surface area contributed by atoms with Gasteiger partial charge in [-0.05, 0) is 72.8 Å². The molecule has 0 saturated carbocycles. The van der Waals surface area contributed by atoms with Crippen LogP contribution < -0.4 is 10.5 Å². The van der Waals surface area contributed by atoms with Crippen molar-refractivity contribution in [3.05, 3.63) is 78.6 Å². The van der Waals surface area contributed by atoms with Crippen LogP contribution in [-0.4, -0.2) is 30.5 Å². The number of halogens is 1. The summed E-state index contributed by atoms with van der Waals surface area (Å²) in [7, 11) is -2.52. The van der Waals surface area contributed by atoms with Crippen LogP contribution in [0.3, 0.4) is 0 Å². The van der Waals surface area contributed by atoms with E-state index in [9.17, 15) is 12.8 Å². The summed E-state index contributed by atoms with van der Waals surface area (Å²) in [6.07, 6.45) is 0. The fourth-order valence-corrected chi connectivity index (χ4v) is 4.29. The normalized spacial score (nSPS) is 11.4. The van der Waals surface area contributed by atoms with Crippen LogP contribution in [0.25, 0.3) is 16.9 Å². The third-order valence-corrected chi connectivity index (χ3v) is 6.20. The van der Waals surface area contributed by atoms with E-state index >= 15 is 0 Å². The summed E-state index contributed by atoms with van der Waals surface area (Å²) >= 11 is 0. The molecule has 3 aromatic carbocycles. The highest BCUT2D eigenvalue weighted by atomic mass is 32.2. The van der Waals surface area contributed by atoms with Crippen molar-refractivity contribution in [3.63, 3.8) is 0 Å². The zero-order valence-electron chi connectivity index (χ0n) is 15.9. The van der Waals surface area contributed by atoms with Gasteiger partial charge in [-0.15, -0.1) is 5.10 Å². The standard InChI is InChI=1S/C21H17FN4O3S/c1-29-18-10-12-19(13-11-18)30(27,28)21-20(14-2-4-15(22)5-3-14)26(25-24-21)17-8-6-16(23)7-9-17/h2-13H,23H2,1H3. The molecule has 0 spiro atoms. The number of benzene rings is 3. The molecule has 0 aliphatic rings. The highest BCUT2D eigenvalue weighted by Crippen LogP contribution is 2.32. The van der Waals surface area contributed by atoms with Crippen molar-refractivity contribution in [3.8, 4) is 22.7 Å². The molecule has 0 aliphatic carbocycles. The molecule has 7 nitrogen and oxygen atoms in total. The Bertz CT molecular complexity index is 1280. The molecule has 152 valence electrons. The van der Waals surface area contributed by atoms with E-state index in [1.54, 1.807) is 36.4 Å². The predicted octanol–water partition coefficient (Wildman–Crippen LogP) is 3.50. The summed E-state index contributed by atoms with van der Waals surface area (Å²) in [5.74, 6) is 0.0862. The maximum absolute atomic E-state index is 13.5. The zero-order chi connectivity index (χ0) is 21.3. The fourth-order valence-electron chi connectivity index (χ4n) is 2.97. The van der Waals surface area contributed by atoms with Gasteiger partial charge in [0, 0.05) is 11.3 Å². The van der Waals surface area contributed by atoms with E-state index in [-0.39, 0.29) is 15.6 Å². The maximum atomic E-state index is 13.5. The zero-order valence-corrected chi connectivity index (χ0v) is 16.7. The van der Waals surface area contributed by atoms with Gasteiger partial charge in [0.2, 0.25) is 14.9 Å². The fraction of sp³-hybridized carbons (Fsp3) is 0.0476. The third-order valence-electron chi connectivity index (χ3n) is 4.52. The SMILES string of the molecule is COc1ccc(S(=O)(=O)c2nnn(-c3ccc(N)cc3)c2-c2ccc(F)cc2)cc1. The summed E-state index contributed by atoms with van der Waals surface area (Å²) in [5, 5.41) is 7.80. The van der Waals surface area contributed by atoms with Crippen LogP contribution in [0.15, 0.2) is 82.7 Å². The van der Waals surface area contributed by atoms with Gasteiger partial charge >= 0.3 is 0 Å². The van der Waals surface area contributed by atoms with Gasteiger partial charge in [-0.1, -0.05) is 5.21 Å². The third kappa shape index (κ3) is 3.50. The highest BCUT2D eigenvalue weighted by molar-refractivity contribution is 7.91. The molecular weight excluding hydrogens is 407 g/mol. The van der Waals surface area contributed by atoms with E-state index in [1.165, 1.54) is 48.2 Å². The van der Waals surface area contributed by atoms with Crippen molar-refractivity contribution in [1.29, 1.82) is 0 Å². The number of anilines is 1. The Balaban J connectivity index is 1.93. The molecule has 4 rings (SSSR count). The van der Waals surface area contributed by atoms with Crippen LogP contribution in [0.1, 0.15) is 0 Å². The van der Waals surface area contributed by atoms with Crippen LogP contribution in [0, 0.1) is 5.82 Å². The lowest BCUT2D eigenvalue weighted by Crippen LogP contribution is -2.06. The van der Waals surface area contributed by atoms with Gasteiger partial charge in [-0.2, -0.15) is 0 Å². The highest BCUT2D eigenvalue weighted by Gasteiger charge is 2.29. The average molecular weight is 424 g/mol. The Morgan fingerprint density at radius 1 is 0.933 bits per heavy atom. The van der Waals surface area contributed by atoms with Crippen molar-refractivity contribution >= 4 is 15.5 Å². The molecule has 4 aromatic rings. The lowest BCUT2D eigenvalue weighted by molar-refractivity contribution is 0.414. The Labute approximate surface area is 172 Å². The molecule has 2 N–H and O–H groups in total. The Kier molecular flexibility index (Phi) is 4.96. The predicted molar refractivity (Wildman–Crippen MR) is 110 cm³/mol. The van der Waals surface area contributed by atoms with Crippen LogP contribution in [-0.2, 0) is 9.84 Å². The summed E-state index contributed by atoms with van der Waals surface area (Å²) in [6.45, 7) is 0. The molecule has 0 unspecified atom stereocenters. The van der Waals surface area contributed by atoms with Gasteiger partial charge in [0.1, 0.15) is 17.3 Å². The molecule has 1 aromatic heterocycles. The van der Waals surface area contributed by atoms with Crippen molar-refractivity contribution in [2.45, 2.75) is 9.92 Å². The summed E-state index contributed by atoms with van der Waals surface area (Å²) in [5.41, 5.74) is 7.53. The van der Waals surface area contributed by atoms with Crippen LogP contribution in [0.2, 0.25) is 0 Å². The van der Waals surface area contributed by atoms with Gasteiger partial charge in [0.05, 0.1) is 17.7 Å². The first-order chi connectivity index (χ1) is 14.4. The number of hydrogen-bond donors (Lipinski definition) is 1. The topological polar surface area (TPSA) is 100 Å². The van der Waals surface area contributed by atoms with Gasteiger partial charge in [0.15, 0.2) is 0 Å². The molecule has 0 bridgehead atoms. The molecule has 0 radical (unpaired) electrons. The number of aromatic nitrogens is 3. The van der Waals surface area contributed by atoms with Crippen molar-refractivity contribution in [1.82, 2.24) is 15.0 Å². The Morgan fingerprint density at radius 2 is 1.57 bits per heavy atom. The molecule has 30 heavy (non-hydrogen) atoms. The molecule has 1 heterocycles. The quantitative estimate of drug-likeness (QED) is 0.492. The average Bonchev–Trinajstić information content (AvgIpc) is 3.21. The molecule has 0 saturated heterocycles. The van der Waals surface area contributed by atoms with E-state index in [2.05, 4.69) is 10.3 Å². The second kappa shape index (κ2) is 7.60.